The monoisotopic (exact) mass is 607 g/mol. The average molecular weight is 608 g/mol. The van der Waals surface area contributed by atoms with Crippen LogP contribution in [0.3, 0.4) is 0 Å². The maximum absolute atomic E-state index is 14.2. The van der Waals surface area contributed by atoms with Crippen LogP contribution in [0.2, 0.25) is 10.0 Å². The van der Waals surface area contributed by atoms with E-state index in [4.69, 9.17) is 27.6 Å². The van der Waals surface area contributed by atoms with Gasteiger partial charge in [0.1, 0.15) is 17.2 Å². The highest BCUT2D eigenvalue weighted by atomic mass is 35.5. The van der Waals surface area contributed by atoms with Crippen molar-refractivity contribution < 1.29 is 31.2 Å². The average Bonchev–Trinajstić information content (AvgIpc) is 3.43. The number of hydrogen-bond donors (Lipinski definition) is 1. The molecule has 0 unspecified atom stereocenters. The first-order valence-corrected chi connectivity index (χ1v) is 13.0. The van der Waals surface area contributed by atoms with Gasteiger partial charge in [-0.2, -0.15) is 0 Å². The molecule has 1 aliphatic heterocycles. The van der Waals surface area contributed by atoms with Crippen LogP contribution in [0.4, 0.5) is 39.0 Å². The summed E-state index contributed by atoms with van der Waals surface area (Å²) in [5.74, 6) is -9.23. The summed E-state index contributed by atoms with van der Waals surface area (Å²) >= 11 is 12.1. The fourth-order valence-electron chi connectivity index (χ4n) is 4.43. The number of furan rings is 1. The van der Waals surface area contributed by atoms with Gasteiger partial charge in [-0.25, -0.2) is 22.0 Å². The number of carbonyl (C=O) groups is 1. The van der Waals surface area contributed by atoms with Crippen molar-refractivity contribution in [3.05, 3.63) is 106 Å². The molecule has 3 aromatic carbocycles. The number of piperazine rings is 1. The smallest absolute Gasteiger partial charge is 0.248 e. The standard InChI is InChI=1S/C29H20Cl2F5N3O2/c30-16-1-8-20(21(31)15-16)22-9-6-19(41-22)7-10-23(40)37-17-2-4-18(5-3-17)38-11-13-39(14-12-38)29-27(35)25(33)24(32)26(34)28(29)36/h1-10,15H,11-14H2,(H,37,40)/b10-7+. The summed E-state index contributed by atoms with van der Waals surface area (Å²) in [7, 11) is 0. The van der Waals surface area contributed by atoms with E-state index in [0.29, 0.717) is 32.8 Å². The Labute approximate surface area is 241 Å². The number of nitrogens with zero attached hydrogens (tertiary/aromatic N) is 2. The lowest BCUT2D eigenvalue weighted by molar-refractivity contribution is -0.111. The number of halogens is 7. The molecule has 0 atom stereocenters. The first-order valence-electron chi connectivity index (χ1n) is 12.3. The van der Waals surface area contributed by atoms with E-state index in [9.17, 15) is 26.7 Å². The molecule has 41 heavy (non-hydrogen) atoms. The van der Waals surface area contributed by atoms with Gasteiger partial charge in [-0.05, 0) is 60.7 Å². The van der Waals surface area contributed by atoms with Gasteiger partial charge >= 0.3 is 0 Å². The van der Waals surface area contributed by atoms with Crippen molar-refractivity contribution in [1.29, 1.82) is 0 Å². The number of rotatable bonds is 6. The SMILES string of the molecule is O=C(/C=C/c1ccc(-c2ccc(Cl)cc2Cl)o1)Nc1ccc(N2CCN(c3c(F)c(F)c(F)c(F)c3F)CC2)cc1. The highest BCUT2D eigenvalue weighted by Gasteiger charge is 2.30. The fourth-order valence-corrected chi connectivity index (χ4v) is 4.93. The Hall–Kier alpha value is -4.02. The van der Waals surface area contributed by atoms with Gasteiger partial charge in [0, 0.05) is 54.2 Å². The van der Waals surface area contributed by atoms with Crippen LogP contribution in [0.15, 0.2) is 65.1 Å². The molecule has 0 spiro atoms. The van der Waals surface area contributed by atoms with Gasteiger partial charge in [-0.15, -0.1) is 0 Å². The maximum Gasteiger partial charge on any atom is 0.248 e. The van der Waals surface area contributed by atoms with Crippen LogP contribution >= 0.6 is 23.2 Å². The second-order valence-corrected chi connectivity index (χ2v) is 9.93. The minimum absolute atomic E-state index is 0.0420. The summed E-state index contributed by atoms with van der Waals surface area (Å²) in [4.78, 5) is 15.4. The van der Waals surface area contributed by atoms with E-state index in [1.807, 2.05) is 4.90 Å². The van der Waals surface area contributed by atoms with Gasteiger partial charge in [-0.3, -0.25) is 4.79 Å². The molecule has 1 fully saturated rings. The van der Waals surface area contributed by atoms with Gasteiger partial charge in [0.15, 0.2) is 23.3 Å². The Morgan fingerprint density at radius 1 is 0.780 bits per heavy atom. The number of anilines is 3. The molecule has 1 aliphatic rings. The largest absolute Gasteiger partial charge is 0.457 e. The van der Waals surface area contributed by atoms with Gasteiger partial charge in [0.05, 0.1) is 5.02 Å². The zero-order chi connectivity index (χ0) is 29.3. The topological polar surface area (TPSA) is 48.7 Å². The number of amides is 1. The van der Waals surface area contributed by atoms with Crippen molar-refractivity contribution in [2.24, 2.45) is 0 Å². The molecule has 0 radical (unpaired) electrons. The molecular weight excluding hydrogens is 588 g/mol. The van der Waals surface area contributed by atoms with Crippen molar-refractivity contribution in [1.82, 2.24) is 0 Å². The summed E-state index contributed by atoms with van der Waals surface area (Å²) in [5, 5.41) is 3.68. The normalized spacial score (nSPS) is 13.7. The van der Waals surface area contributed by atoms with Gasteiger partial charge in [0.2, 0.25) is 11.7 Å². The van der Waals surface area contributed by atoms with E-state index >= 15 is 0 Å². The van der Waals surface area contributed by atoms with E-state index < -0.39 is 40.7 Å². The molecule has 0 saturated carbocycles. The van der Waals surface area contributed by atoms with Crippen LogP contribution in [0.1, 0.15) is 5.76 Å². The first-order chi connectivity index (χ1) is 19.6. The predicted octanol–water partition coefficient (Wildman–Crippen LogP) is 7.93. The molecule has 0 aliphatic carbocycles. The number of hydrogen-bond acceptors (Lipinski definition) is 4. The van der Waals surface area contributed by atoms with Crippen molar-refractivity contribution in [2.45, 2.75) is 0 Å². The van der Waals surface area contributed by atoms with E-state index in [1.54, 1.807) is 54.6 Å². The number of benzene rings is 3. The van der Waals surface area contributed by atoms with Crippen LogP contribution < -0.4 is 15.1 Å². The molecule has 0 bridgehead atoms. The van der Waals surface area contributed by atoms with E-state index in [0.717, 1.165) is 10.6 Å². The number of nitrogens with one attached hydrogen (secondary N) is 1. The van der Waals surface area contributed by atoms with Crippen molar-refractivity contribution in [3.63, 3.8) is 0 Å². The van der Waals surface area contributed by atoms with Crippen LogP contribution in [0, 0.1) is 29.1 Å². The van der Waals surface area contributed by atoms with Crippen molar-refractivity contribution in [2.75, 3.05) is 41.3 Å². The maximum atomic E-state index is 14.2. The Balaban J connectivity index is 1.17. The van der Waals surface area contributed by atoms with Crippen LogP contribution in [0.25, 0.3) is 17.4 Å². The molecule has 1 saturated heterocycles. The molecule has 5 rings (SSSR count). The minimum Gasteiger partial charge on any atom is -0.457 e. The molecule has 5 nitrogen and oxygen atoms in total. The molecular formula is C29H20Cl2F5N3O2. The van der Waals surface area contributed by atoms with E-state index in [2.05, 4.69) is 5.32 Å². The number of carbonyl (C=O) groups excluding carboxylic acids is 1. The van der Waals surface area contributed by atoms with E-state index in [-0.39, 0.29) is 26.2 Å². The van der Waals surface area contributed by atoms with Crippen LogP contribution in [-0.4, -0.2) is 32.1 Å². The Bertz CT molecular complexity index is 1610. The minimum atomic E-state index is -2.18. The Morgan fingerprint density at radius 3 is 2.02 bits per heavy atom. The second-order valence-electron chi connectivity index (χ2n) is 9.09. The lowest BCUT2D eigenvalue weighted by Gasteiger charge is -2.37. The molecule has 4 aromatic rings. The van der Waals surface area contributed by atoms with Crippen molar-refractivity contribution >= 4 is 52.2 Å². The van der Waals surface area contributed by atoms with Crippen LogP contribution in [-0.2, 0) is 4.79 Å². The second kappa shape index (κ2) is 11.8. The predicted molar refractivity (Wildman–Crippen MR) is 149 cm³/mol. The Kier molecular flexibility index (Phi) is 8.23. The van der Waals surface area contributed by atoms with Gasteiger partial charge in [0.25, 0.3) is 0 Å². The van der Waals surface area contributed by atoms with E-state index in [1.165, 1.54) is 12.2 Å². The summed E-state index contributed by atoms with van der Waals surface area (Å²) in [6.45, 7) is 0.640. The summed E-state index contributed by atoms with van der Waals surface area (Å²) < 4.78 is 74.7. The third kappa shape index (κ3) is 6.03. The van der Waals surface area contributed by atoms with Gasteiger partial charge in [-0.1, -0.05) is 23.2 Å². The lowest BCUT2D eigenvalue weighted by atomic mass is 10.2. The quantitative estimate of drug-likeness (QED) is 0.105. The lowest BCUT2D eigenvalue weighted by Crippen LogP contribution is -2.47. The zero-order valence-electron chi connectivity index (χ0n) is 21.0. The Morgan fingerprint density at radius 2 is 1.39 bits per heavy atom. The fraction of sp³-hybridized carbons (Fsp3) is 0.138. The molecule has 1 N–H and O–H groups in total. The molecule has 1 aromatic heterocycles. The highest BCUT2D eigenvalue weighted by molar-refractivity contribution is 6.36. The molecule has 1 amide bonds. The molecule has 212 valence electrons. The summed E-state index contributed by atoms with van der Waals surface area (Å²) in [5.41, 5.74) is 1.03. The van der Waals surface area contributed by atoms with Gasteiger partial charge < -0.3 is 19.5 Å². The summed E-state index contributed by atoms with van der Waals surface area (Å²) in [6, 6.07) is 15.3. The third-order valence-corrected chi connectivity index (χ3v) is 7.05. The molecule has 2 heterocycles. The molecule has 12 heteroatoms. The van der Waals surface area contributed by atoms with Crippen molar-refractivity contribution in [3.8, 4) is 11.3 Å². The zero-order valence-corrected chi connectivity index (χ0v) is 22.5. The third-order valence-electron chi connectivity index (χ3n) is 6.50. The van der Waals surface area contributed by atoms with Crippen LogP contribution in [0.5, 0.6) is 0 Å². The summed E-state index contributed by atoms with van der Waals surface area (Å²) in [6.07, 6.45) is 2.83. The highest BCUT2D eigenvalue weighted by Crippen LogP contribution is 2.33. The first kappa shape index (κ1) is 28.5.